The first-order chi connectivity index (χ1) is 20.1. The van der Waals surface area contributed by atoms with Crippen LogP contribution in [0.3, 0.4) is 0 Å². The monoisotopic (exact) mass is 595 g/mol. The highest BCUT2D eigenvalue weighted by Gasteiger charge is 2.50. The number of rotatable bonds is 11. The number of nitrogens with two attached hydrogens (primary N) is 1. The summed E-state index contributed by atoms with van der Waals surface area (Å²) in [5, 5.41) is 23.2. The van der Waals surface area contributed by atoms with Crippen LogP contribution in [0.15, 0.2) is 54.6 Å². The van der Waals surface area contributed by atoms with Crippen LogP contribution in [0, 0.1) is 17.2 Å². The molecule has 1 saturated carbocycles. The van der Waals surface area contributed by atoms with Gasteiger partial charge in [-0.25, -0.2) is 0 Å². The summed E-state index contributed by atoms with van der Waals surface area (Å²) in [4.78, 5) is 42.7. The van der Waals surface area contributed by atoms with Gasteiger partial charge in [0.1, 0.15) is 24.0 Å². The van der Waals surface area contributed by atoms with Crippen LogP contribution in [0.2, 0.25) is 0 Å². The molecule has 226 valence electrons. The fourth-order valence-corrected chi connectivity index (χ4v) is 6.29. The predicted octanol–water partition coefficient (Wildman–Crippen LogP) is 3.10. The van der Waals surface area contributed by atoms with Gasteiger partial charge in [-0.3, -0.25) is 19.8 Å². The number of halogens is 1. The molecule has 0 spiro atoms. The van der Waals surface area contributed by atoms with Gasteiger partial charge in [0.15, 0.2) is 0 Å². The molecule has 0 unspecified atom stereocenters. The summed E-state index contributed by atoms with van der Waals surface area (Å²) in [5.74, 6) is -1.29. The predicted molar refractivity (Wildman–Crippen MR) is 163 cm³/mol. The van der Waals surface area contributed by atoms with E-state index in [0.29, 0.717) is 12.0 Å². The molecule has 2 fully saturated rings. The lowest BCUT2D eigenvalue weighted by Gasteiger charge is -2.37. The maximum Gasteiger partial charge on any atom is 0.249 e. The molecule has 2 aromatic carbocycles. The number of amidine groups is 1. The zero-order valence-electron chi connectivity index (χ0n) is 24.3. The summed E-state index contributed by atoms with van der Waals surface area (Å²) >= 11 is 6.77. The molecule has 1 aliphatic heterocycles. The number of aliphatic hydroxyl groups excluding tert-OH is 1. The SMILES string of the molecule is CC(C)[C@@H](Cl)[C@@H](NC(=O)[C@H](O)Cc1ccccc1)C(=O)N1[C@H](C(=O)NCc2ccc(C(=N)N)cc2)C[C@@H]2CCCC[C@@H]21. The number of nitrogen functional groups attached to an aromatic ring is 1. The Bertz CT molecular complexity index is 1260. The maximum atomic E-state index is 14.3. The van der Waals surface area contributed by atoms with E-state index in [2.05, 4.69) is 10.6 Å². The van der Waals surface area contributed by atoms with Crippen LogP contribution in [0.5, 0.6) is 0 Å². The van der Waals surface area contributed by atoms with Crippen LogP contribution in [0.1, 0.15) is 62.6 Å². The highest BCUT2D eigenvalue weighted by atomic mass is 35.5. The lowest BCUT2D eigenvalue weighted by molar-refractivity contribution is -0.145. The van der Waals surface area contributed by atoms with E-state index in [1.807, 2.05) is 44.2 Å². The fraction of sp³-hybridized carbons (Fsp3) is 0.500. The minimum absolute atomic E-state index is 0.0264. The van der Waals surface area contributed by atoms with E-state index in [0.717, 1.165) is 36.8 Å². The van der Waals surface area contributed by atoms with Crippen molar-refractivity contribution in [2.45, 2.75) is 88.5 Å². The Morgan fingerprint density at radius 3 is 2.36 bits per heavy atom. The third-order valence-electron chi connectivity index (χ3n) is 8.47. The molecule has 3 amide bonds. The topological polar surface area (TPSA) is 149 Å². The fourth-order valence-electron chi connectivity index (χ4n) is 6.12. The van der Waals surface area contributed by atoms with Crippen molar-refractivity contribution in [2.75, 3.05) is 0 Å². The second kappa shape index (κ2) is 14.2. The number of carbonyl (C=O) groups excluding carboxylic acids is 3. The number of carbonyl (C=O) groups is 3. The molecule has 6 atom stereocenters. The number of hydrogen-bond acceptors (Lipinski definition) is 5. The summed E-state index contributed by atoms with van der Waals surface area (Å²) in [7, 11) is 0. The van der Waals surface area contributed by atoms with Gasteiger partial charge in [-0.2, -0.15) is 0 Å². The van der Waals surface area contributed by atoms with Crippen LogP contribution < -0.4 is 16.4 Å². The van der Waals surface area contributed by atoms with E-state index in [1.54, 1.807) is 29.2 Å². The normalized spacial score (nSPS) is 22.1. The summed E-state index contributed by atoms with van der Waals surface area (Å²) in [6.07, 6.45) is 3.05. The Kier molecular flexibility index (Phi) is 10.6. The maximum absolute atomic E-state index is 14.3. The number of likely N-dealkylation sites (tertiary alicyclic amines) is 1. The van der Waals surface area contributed by atoms with Crippen LogP contribution in [0.25, 0.3) is 0 Å². The molecule has 1 saturated heterocycles. The number of hydrogen-bond donors (Lipinski definition) is 5. The van der Waals surface area contributed by atoms with E-state index < -0.39 is 29.5 Å². The third-order valence-corrected chi connectivity index (χ3v) is 9.23. The first-order valence-corrected chi connectivity index (χ1v) is 15.2. The Morgan fingerprint density at radius 2 is 1.71 bits per heavy atom. The second-order valence-corrected chi connectivity index (χ2v) is 12.3. The van der Waals surface area contributed by atoms with E-state index in [4.69, 9.17) is 22.7 Å². The Balaban J connectivity index is 1.52. The van der Waals surface area contributed by atoms with Crippen molar-refractivity contribution in [3.63, 3.8) is 0 Å². The van der Waals surface area contributed by atoms with Crippen molar-refractivity contribution < 1.29 is 19.5 Å². The zero-order chi connectivity index (χ0) is 30.4. The average molecular weight is 596 g/mol. The molecule has 6 N–H and O–H groups in total. The molecule has 10 heteroatoms. The van der Waals surface area contributed by atoms with Crippen LogP contribution >= 0.6 is 11.6 Å². The minimum atomic E-state index is -1.35. The van der Waals surface area contributed by atoms with Gasteiger partial charge >= 0.3 is 0 Å². The highest BCUT2D eigenvalue weighted by Crippen LogP contribution is 2.40. The van der Waals surface area contributed by atoms with E-state index in [-0.39, 0.29) is 48.5 Å². The average Bonchev–Trinajstić information content (AvgIpc) is 3.38. The smallest absolute Gasteiger partial charge is 0.249 e. The van der Waals surface area contributed by atoms with E-state index >= 15 is 0 Å². The van der Waals surface area contributed by atoms with Gasteiger partial charge in [-0.05, 0) is 42.2 Å². The summed E-state index contributed by atoms with van der Waals surface area (Å²) in [5.41, 5.74) is 7.79. The highest BCUT2D eigenvalue weighted by molar-refractivity contribution is 6.23. The molecule has 2 aromatic rings. The van der Waals surface area contributed by atoms with Gasteiger partial charge in [-0.1, -0.05) is 81.3 Å². The molecular weight excluding hydrogens is 554 g/mol. The molecule has 4 rings (SSSR count). The van der Waals surface area contributed by atoms with Crippen LogP contribution in [-0.4, -0.2) is 63.2 Å². The molecular formula is C32H42ClN5O4. The standard InChI is InChI=1S/C32H42ClN5O4/c1-19(2)27(33)28(37-31(41)26(39)16-20-8-4-3-5-9-20)32(42)38-24-11-7-6-10-23(24)17-25(38)30(40)36-18-21-12-14-22(15-13-21)29(34)35/h3-5,8-9,12-15,19,23-28,39H,6-7,10-11,16-18H2,1-2H3,(H3,34,35)(H,36,40)(H,37,41)/t23-,24-,25-,26+,27+,28+/m0/s1. The molecule has 1 heterocycles. The summed E-state index contributed by atoms with van der Waals surface area (Å²) < 4.78 is 0. The molecule has 0 bridgehead atoms. The first kappa shape index (κ1) is 31.5. The summed E-state index contributed by atoms with van der Waals surface area (Å²) in [6.45, 7) is 4.01. The van der Waals surface area contributed by atoms with Crippen molar-refractivity contribution in [3.05, 3.63) is 71.3 Å². The minimum Gasteiger partial charge on any atom is -0.384 e. The molecule has 0 radical (unpaired) electrons. The van der Waals surface area contributed by atoms with Crippen molar-refractivity contribution in [1.29, 1.82) is 5.41 Å². The largest absolute Gasteiger partial charge is 0.384 e. The lowest BCUT2D eigenvalue weighted by atomic mass is 9.84. The van der Waals surface area contributed by atoms with Gasteiger partial charge < -0.3 is 26.4 Å². The van der Waals surface area contributed by atoms with Crippen LogP contribution in [-0.2, 0) is 27.3 Å². The number of amides is 3. The quantitative estimate of drug-likeness (QED) is 0.154. The lowest BCUT2D eigenvalue weighted by Crippen LogP contribution is -2.60. The van der Waals surface area contributed by atoms with Crippen molar-refractivity contribution in [2.24, 2.45) is 17.6 Å². The molecule has 0 aromatic heterocycles. The van der Waals surface area contributed by atoms with Gasteiger partial charge in [0.25, 0.3) is 0 Å². The Hall–Kier alpha value is -3.43. The molecule has 9 nitrogen and oxygen atoms in total. The number of benzene rings is 2. The number of alkyl halides is 1. The first-order valence-electron chi connectivity index (χ1n) is 14.8. The Morgan fingerprint density at radius 1 is 1.05 bits per heavy atom. The van der Waals surface area contributed by atoms with Crippen molar-refractivity contribution in [3.8, 4) is 0 Å². The number of nitrogens with one attached hydrogen (secondary N) is 3. The van der Waals surface area contributed by atoms with Crippen molar-refractivity contribution in [1.82, 2.24) is 15.5 Å². The van der Waals surface area contributed by atoms with Crippen molar-refractivity contribution >= 4 is 35.2 Å². The van der Waals surface area contributed by atoms with Gasteiger partial charge in [0, 0.05) is 24.6 Å². The van der Waals surface area contributed by atoms with E-state index in [9.17, 15) is 19.5 Å². The van der Waals surface area contributed by atoms with Gasteiger partial charge in [0.2, 0.25) is 17.7 Å². The molecule has 1 aliphatic carbocycles. The number of nitrogens with zero attached hydrogens (tertiary/aromatic N) is 1. The number of fused-ring (bicyclic) bond motifs is 1. The van der Waals surface area contributed by atoms with Crippen LogP contribution in [0.4, 0.5) is 0 Å². The molecule has 42 heavy (non-hydrogen) atoms. The van der Waals surface area contributed by atoms with Gasteiger partial charge in [0.05, 0.1) is 5.38 Å². The summed E-state index contributed by atoms with van der Waals surface area (Å²) in [6, 6.07) is 14.4. The Labute approximate surface area is 252 Å². The second-order valence-electron chi connectivity index (χ2n) is 11.8. The molecule has 2 aliphatic rings. The van der Waals surface area contributed by atoms with E-state index in [1.165, 1.54) is 0 Å². The number of aliphatic hydroxyl groups is 1. The van der Waals surface area contributed by atoms with Gasteiger partial charge in [-0.15, -0.1) is 11.6 Å². The third kappa shape index (κ3) is 7.50. The zero-order valence-corrected chi connectivity index (χ0v) is 25.0.